The van der Waals surface area contributed by atoms with E-state index in [0.29, 0.717) is 5.56 Å². The molecule has 0 amide bonds. The first-order chi connectivity index (χ1) is 15.3. The fourth-order valence-electron chi connectivity index (χ4n) is 4.28. The predicted octanol–water partition coefficient (Wildman–Crippen LogP) is 7.70. The predicted molar refractivity (Wildman–Crippen MR) is 132 cm³/mol. The van der Waals surface area contributed by atoms with Crippen LogP contribution >= 0.6 is 0 Å². The van der Waals surface area contributed by atoms with Crippen molar-refractivity contribution in [3.63, 3.8) is 0 Å². The average Bonchev–Trinajstić information content (AvgIpc) is 2.75. The number of allylic oxidation sites excluding steroid dienone is 1. The van der Waals surface area contributed by atoms with Gasteiger partial charge in [0.1, 0.15) is 17.3 Å². The van der Waals surface area contributed by atoms with Crippen molar-refractivity contribution in [3.8, 4) is 11.5 Å². The number of hydrogen-bond donors (Lipinski definition) is 0. The lowest BCUT2D eigenvalue weighted by atomic mass is 9.88. The van der Waals surface area contributed by atoms with E-state index in [9.17, 15) is 4.39 Å². The second kappa shape index (κ2) is 8.62. The maximum absolute atomic E-state index is 14.9. The van der Waals surface area contributed by atoms with Crippen LogP contribution in [0.4, 0.5) is 15.8 Å². The second-order valence-corrected chi connectivity index (χ2v) is 8.78. The van der Waals surface area contributed by atoms with E-state index < -0.39 is 0 Å². The molecule has 1 aliphatic heterocycles. The van der Waals surface area contributed by atoms with Crippen LogP contribution in [0.5, 0.6) is 11.5 Å². The maximum Gasteiger partial charge on any atom is 0.134 e. The van der Waals surface area contributed by atoms with Gasteiger partial charge in [-0.25, -0.2) is 4.39 Å². The average molecular weight is 429 g/mol. The van der Waals surface area contributed by atoms with E-state index in [1.807, 2.05) is 61.5 Å². The summed E-state index contributed by atoms with van der Waals surface area (Å²) >= 11 is 0. The van der Waals surface area contributed by atoms with Gasteiger partial charge in [-0.05, 0) is 88.7 Å². The fourth-order valence-corrected chi connectivity index (χ4v) is 4.28. The van der Waals surface area contributed by atoms with Crippen molar-refractivity contribution in [3.05, 3.63) is 89.2 Å². The molecule has 4 heteroatoms. The zero-order chi connectivity index (χ0) is 22.9. The zero-order valence-electron chi connectivity index (χ0n) is 19.3. The van der Waals surface area contributed by atoms with Crippen LogP contribution < -0.4 is 9.64 Å². The molecule has 1 heterocycles. The standard InChI is InChI=1S/C28H29FN2O/c1-6-31-27-16-26(29)21(15-25(27)20(3)17-28(31,4)5)18-30-22-9-13-24(14-10-22)32-23-11-7-19(2)8-12-23/h7-18H,6H2,1-5H3. The molecule has 0 bridgehead atoms. The van der Waals surface area contributed by atoms with Gasteiger partial charge in [0.25, 0.3) is 0 Å². The first-order valence-electron chi connectivity index (χ1n) is 11.0. The third kappa shape index (κ3) is 4.45. The number of aliphatic imine (C=N–C) groups is 1. The molecule has 0 saturated heterocycles. The molecule has 32 heavy (non-hydrogen) atoms. The Balaban J connectivity index is 1.55. The van der Waals surface area contributed by atoms with E-state index in [4.69, 9.17) is 4.74 Å². The summed E-state index contributed by atoms with van der Waals surface area (Å²) < 4.78 is 20.8. The lowest BCUT2D eigenvalue weighted by Gasteiger charge is -2.42. The van der Waals surface area contributed by atoms with E-state index in [2.05, 4.69) is 43.7 Å². The van der Waals surface area contributed by atoms with Crippen LogP contribution in [0.2, 0.25) is 0 Å². The van der Waals surface area contributed by atoms with Gasteiger partial charge in [0.2, 0.25) is 0 Å². The van der Waals surface area contributed by atoms with Crippen molar-refractivity contribution in [1.29, 1.82) is 0 Å². The maximum atomic E-state index is 14.9. The highest BCUT2D eigenvalue weighted by Gasteiger charge is 2.30. The Labute approximate surface area is 189 Å². The minimum absolute atomic E-state index is 0.143. The van der Waals surface area contributed by atoms with Gasteiger partial charge in [0.15, 0.2) is 0 Å². The van der Waals surface area contributed by atoms with E-state index >= 15 is 0 Å². The molecular weight excluding hydrogens is 399 g/mol. The number of fused-ring (bicyclic) bond motifs is 1. The molecule has 0 N–H and O–H groups in total. The first kappa shape index (κ1) is 21.8. The van der Waals surface area contributed by atoms with Crippen LogP contribution in [0.3, 0.4) is 0 Å². The Morgan fingerprint density at radius 3 is 2.22 bits per heavy atom. The quantitative estimate of drug-likeness (QED) is 0.389. The lowest BCUT2D eigenvalue weighted by molar-refractivity contribution is 0.482. The Bertz CT molecular complexity index is 1180. The van der Waals surface area contributed by atoms with Gasteiger partial charge in [-0.15, -0.1) is 0 Å². The molecule has 3 aromatic rings. The van der Waals surface area contributed by atoms with Gasteiger partial charge in [-0.1, -0.05) is 23.8 Å². The van der Waals surface area contributed by atoms with E-state index in [-0.39, 0.29) is 11.4 Å². The fraction of sp³-hybridized carbons (Fsp3) is 0.250. The van der Waals surface area contributed by atoms with E-state index in [0.717, 1.165) is 40.6 Å². The Hall–Kier alpha value is -3.40. The number of nitrogens with zero attached hydrogens (tertiary/aromatic N) is 2. The van der Waals surface area contributed by atoms with E-state index in [1.165, 1.54) is 5.56 Å². The van der Waals surface area contributed by atoms with Crippen LogP contribution in [0.25, 0.3) is 5.57 Å². The van der Waals surface area contributed by atoms with Gasteiger partial charge in [0, 0.05) is 29.6 Å². The van der Waals surface area contributed by atoms with Crippen LogP contribution in [-0.4, -0.2) is 18.3 Å². The molecule has 0 aliphatic carbocycles. The Morgan fingerprint density at radius 1 is 0.969 bits per heavy atom. The van der Waals surface area contributed by atoms with Crippen molar-refractivity contribution in [2.24, 2.45) is 4.99 Å². The third-order valence-electron chi connectivity index (χ3n) is 5.86. The number of aryl methyl sites for hydroxylation is 1. The van der Waals surface area contributed by atoms with Crippen LogP contribution in [0, 0.1) is 12.7 Å². The minimum Gasteiger partial charge on any atom is -0.457 e. The molecule has 0 aromatic heterocycles. The van der Waals surface area contributed by atoms with Crippen LogP contribution in [0.15, 0.2) is 71.7 Å². The van der Waals surface area contributed by atoms with E-state index in [1.54, 1.807) is 12.3 Å². The minimum atomic E-state index is -0.268. The van der Waals surface area contributed by atoms with Crippen molar-refractivity contribution < 1.29 is 9.13 Å². The SMILES string of the molecule is CCN1c2cc(F)c(C=Nc3ccc(Oc4ccc(C)cc4)cc3)cc2C(C)=CC1(C)C. The topological polar surface area (TPSA) is 24.8 Å². The Morgan fingerprint density at radius 2 is 1.59 bits per heavy atom. The molecule has 164 valence electrons. The molecule has 0 fully saturated rings. The number of hydrogen-bond acceptors (Lipinski definition) is 3. The highest BCUT2D eigenvalue weighted by atomic mass is 19.1. The van der Waals surface area contributed by atoms with Crippen molar-refractivity contribution >= 4 is 23.2 Å². The summed E-state index contributed by atoms with van der Waals surface area (Å²) in [5.41, 5.74) is 5.40. The number of anilines is 1. The summed E-state index contributed by atoms with van der Waals surface area (Å²) in [6, 6.07) is 18.9. The molecular formula is C28H29FN2O. The Kier molecular flexibility index (Phi) is 5.88. The third-order valence-corrected chi connectivity index (χ3v) is 5.86. The highest BCUT2D eigenvalue weighted by Crippen LogP contribution is 2.39. The monoisotopic (exact) mass is 428 g/mol. The summed E-state index contributed by atoms with van der Waals surface area (Å²) in [6.07, 6.45) is 3.83. The number of rotatable bonds is 5. The first-order valence-corrected chi connectivity index (χ1v) is 11.0. The molecule has 0 atom stereocenters. The van der Waals surface area contributed by atoms with Crippen molar-refractivity contribution in [2.45, 2.75) is 40.2 Å². The molecule has 0 spiro atoms. The lowest BCUT2D eigenvalue weighted by Crippen LogP contribution is -2.45. The largest absolute Gasteiger partial charge is 0.457 e. The smallest absolute Gasteiger partial charge is 0.134 e. The number of halogens is 1. The summed E-state index contributed by atoms with van der Waals surface area (Å²) in [4.78, 5) is 6.71. The van der Waals surface area contributed by atoms with Crippen LogP contribution in [0.1, 0.15) is 44.4 Å². The summed E-state index contributed by atoms with van der Waals surface area (Å²) in [6.45, 7) is 11.3. The second-order valence-electron chi connectivity index (χ2n) is 8.78. The number of benzene rings is 3. The molecule has 4 rings (SSSR count). The summed E-state index contributed by atoms with van der Waals surface area (Å²) in [5, 5.41) is 0. The molecule has 1 aliphatic rings. The van der Waals surface area contributed by atoms with Crippen molar-refractivity contribution in [2.75, 3.05) is 11.4 Å². The normalized spacial score (nSPS) is 14.9. The number of likely N-dealkylation sites (N-methyl/N-ethyl adjacent to an activating group) is 1. The van der Waals surface area contributed by atoms with Crippen molar-refractivity contribution in [1.82, 2.24) is 0 Å². The van der Waals surface area contributed by atoms with Gasteiger partial charge >= 0.3 is 0 Å². The molecule has 3 aromatic carbocycles. The van der Waals surface area contributed by atoms with Gasteiger partial charge in [-0.2, -0.15) is 0 Å². The molecule has 0 radical (unpaired) electrons. The van der Waals surface area contributed by atoms with Gasteiger partial charge in [0.05, 0.1) is 11.2 Å². The number of ether oxygens (including phenoxy) is 1. The summed E-state index contributed by atoms with van der Waals surface area (Å²) in [5.74, 6) is 1.25. The molecule has 0 unspecified atom stereocenters. The molecule has 0 saturated carbocycles. The van der Waals surface area contributed by atoms with Gasteiger partial charge < -0.3 is 9.64 Å². The summed E-state index contributed by atoms with van der Waals surface area (Å²) in [7, 11) is 0. The highest BCUT2D eigenvalue weighted by molar-refractivity contribution is 5.89. The molecule has 3 nitrogen and oxygen atoms in total. The zero-order valence-corrected chi connectivity index (χ0v) is 19.3. The van der Waals surface area contributed by atoms with Gasteiger partial charge in [-0.3, -0.25) is 4.99 Å². The van der Waals surface area contributed by atoms with Crippen LogP contribution in [-0.2, 0) is 0 Å².